The van der Waals surface area contributed by atoms with Crippen LogP contribution in [-0.4, -0.2) is 44.4 Å². The molecule has 5 nitrogen and oxygen atoms in total. The molecule has 0 spiro atoms. The second kappa shape index (κ2) is 8.11. The molecule has 1 N–H and O–H groups in total. The number of likely N-dealkylation sites (N-methyl/N-ethyl adjacent to an activating group) is 1. The van der Waals surface area contributed by atoms with Gasteiger partial charge in [-0.1, -0.05) is 12.1 Å². The molecule has 0 saturated heterocycles. The maximum atomic E-state index is 13.0. The number of rotatable bonds is 5. The Hall–Kier alpha value is -3.03. The number of nitrogens with one attached hydrogen (secondary N) is 1. The molecule has 2 amide bonds. The molecular weight excluding hydrogens is 359 g/mol. The summed E-state index contributed by atoms with van der Waals surface area (Å²) in [6.07, 6.45) is -4.58. The molecule has 0 aliphatic carbocycles. The zero-order valence-electron chi connectivity index (χ0n) is 15.2. The van der Waals surface area contributed by atoms with Crippen LogP contribution in [0.4, 0.5) is 24.5 Å². The van der Waals surface area contributed by atoms with E-state index in [4.69, 9.17) is 0 Å². The Labute approximate surface area is 155 Å². The number of alkyl halides is 3. The van der Waals surface area contributed by atoms with Crippen molar-refractivity contribution in [3.05, 3.63) is 59.7 Å². The van der Waals surface area contributed by atoms with Gasteiger partial charge in [0, 0.05) is 32.4 Å². The first-order valence-corrected chi connectivity index (χ1v) is 8.08. The lowest BCUT2D eigenvalue weighted by Gasteiger charge is -2.19. The third-order valence-corrected chi connectivity index (χ3v) is 3.86. The number of benzene rings is 2. The van der Waals surface area contributed by atoms with Gasteiger partial charge in [0.25, 0.3) is 5.91 Å². The van der Waals surface area contributed by atoms with Gasteiger partial charge in [0.15, 0.2) is 0 Å². The fourth-order valence-corrected chi connectivity index (χ4v) is 2.44. The van der Waals surface area contributed by atoms with Gasteiger partial charge in [-0.15, -0.1) is 0 Å². The van der Waals surface area contributed by atoms with E-state index in [-0.39, 0.29) is 12.2 Å². The van der Waals surface area contributed by atoms with Crippen molar-refractivity contribution in [2.75, 3.05) is 37.9 Å². The Balaban J connectivity index is 2.04. The number of hydrogen-bond donors (Lipinski definition) is 1. The first-order valence-electron chi connectivity index (χ1n) is 8.08. The largest absolute Gasteiger partial charge is 0.418 e. The van der Waals surface area contributed by atoms with Crippen LogP contribution in [-0.2, 0) is 11.0 Å². The highest BCUT2D eigenvalue weighted by Gasteiger charge is 2.33. The number of hydrogen-bond acceptors (Lipinski definition) is 3. The summed E-state index contributed by atoms with van der Waals surface area (Å²) < 4.78 is 38.9. The number of carbonyl (C=O) groups excluding carboxylic acids is 2. The van der Waals surface area contributed by atoms with Crippen LogP contribution in [0.5, 0.6) is 0 Å². The van der Waals surface area contributed by atoms with Crippen molar-refractivity contribution in [1.29, 1.82) is 0 Å². The van der Waals surface area contributed by atoms with Gasteiger partial charge in [-0.3, -0.25) is 9.59 Å². The van der Waals surface area contributed by atoms with E-state index in [1.54, 1.807) is 24.3 Å². The topological polar surface area (TPSA) is 52.7 Å². The Bertz CT molecular complexity index is 818. The summed E-state index contributed by atoms with van der Waals surface area (Å²) in [4.78, 5) is 27.5. The standard InChI is InChI=1S/C19H20F3N3O2/c1-24(2)14-10-8-13(9-11-14)18(27)25(3)12-17(26)23-16-7-5-4-6-15(16)19(20,21)22/h4-11H,12H2,1-3H3,(H,23,26). The minimum absolute atomic E-state index is 0.341. The summed E-state index contributed by atoms with van der Waals surface area (Å²) in [5.41, 5.74) is 0.0140. The third kappa shape index (κ3) is 5.22. The second-order valence-corrected chi connectivity index (χ2v) is 6.19. The average molecular weight is 379 g/mol. The van der Waals surface area contributed by atoms with Gasteiger partial charge in [0.1, 0.15) is 0 Å². The monoisotopic (exact) mass is 379 g/mol. The third-order valence-electron chi connectivity index (χ3n) is 3.86. The summed E-state index contributed by atoms with van der Waals surface area (Å²) in [5.74, 6) is -1.12. The summed E-state index contributed by atoms with van der Waals surface area (Å²) in [7, 11) is 5.15. The Kier molecular flexibility index (Phi) is 6.09. The predicted molar refractivity (Wildman–Crippen MR) is 97.8 cm³/mol. The zero-order valence-corrected chi connectivity index (χ0v) is 15.2. The summed E-state index contributed by atoms with van der Waals surface area (Å²) in [6.45, 7) is -0.375. The van der Waals surface area contributed by atoms with Crippen molar-refractivity contribution in [3.8, 4) is 0 Å². The van der Waals surface area contributed by atoms with Crippen LogP contribution >= 0.6 is 0 Å². The van der Waals surface area contributed by atoms with E-state index in [1.165, 1.54) is 25.2 Å². The summed E-state index contributed by atoms with van der Waals surface area (Å²) in [6, 6.07) is 11.5. The number of anilines is 2. The Morgan fingerprint density at radius 1 is 0.963 bits per heavy atom. The van der Waals surface area contributed by atoms with Gasteiger partial charge in [-0.05, 0) is 36.4 Å². The molecule has 0 heterocycles. The van der Waals surface area contributed by atoms with Gasteiger partial charge < -0.3 is 15.1 Å². The SMILES string of the molecule is CN(CC(=O)Nc1ccccc1C(F)(F)F)C(=O)c1ccc(N(C)C)cc1. The minimum Gasteiger partial charge on any atom is -0.378 e. The first kappa shape index (κ1) is 20.3. The summed E-state index contributed by atoms with van der Waals surface area (Å²) in [5, 5.41) is 2.22. The molecule has 0 saturated carbocycles. The molecule has 8 heteroatoms. The van der Waals surface area contributed by atoms with E-state index >= 15 is 0 Å². The van der Waals surface area contributed by atoms with Crippen molar-refractivity contribution >= 4 is 23.2 Å². The highest BCUT2D eigenvalue weighted by Crippen LogP contribution is 2.34. The lowest BCUT2D eigenvalue weighted by molar-refractivity contribution is -0.137. The van der Waals surface area contributed by atoms with Crippen molar-refractivity contribution in [2.45, 2.75) is 6.18 Å². The van der Waals surface area contributed by atoms with E-state index in [9.17, 15) is 22.8 Å². The van der Waals surface area contributed by atoms with Crippen LogP contribution in [0.2, 0.25) is 0 Å². The number of carbonyl (C=O) groups is 2. The van der Waals surface area contributed by atoms with Crippen molar-refractivity contribution in [3.63, 3.8) is 0 Å². The minimum atomic E-state index is -4.58. The van der Waals surface area contributed by atoms with Crippen LogP contribution in [0, 0.1) is 0 Å². The molecule has 27 heavy (non-hydrogen) atoms. The van der Waals surface area contributed by atoms with E-state index in [0.717, 1.165) is 16.7 Å². The lowest BCUT2D eigenvalue weighted by Crippen LogP contribution is -2.35. The molecule has 144 valence electrons. The van der Waals surface area contributed by atoms with Gasteiger partial charge in [0.2, 0.25) is 5.91 Å². The van der Waals surface area contributed by atoms with E-state index in [1.807, 2.05) is 19.0 Å². The van der Waals surface area contributed by atoms with E-state index in [2.05, 4.69) is 5.32 Å². The molecule has 0 fully saturated rings. The highest BCUT2D eigenvalue weighted by atomic mass is 19.4. The fourth-order valence-electron chi connectivity index (χ4n) is 2.44. The fraction of sp³-hybridized carbons (Fsp3) is 0.263. The van der Waals surface area contributed by atoms with Gasteiger partial charge in [-0.25, -0.2) is 0 Å². The lowest BCUT2D eigenvalue weighted by atomic mass is 10.1. The smallest absolute Gasteiger partial charge is 0.378 e. The number of halogens is 3. The highest BCUT2D eigenvalue weighted by molar-refractivity contribution is 5.99. The number of nitrogens with zero attached hydrogens (tertiary/aromatic N) is 2. The molecule has 0 aromatic heterocycles. The van der Waals surface area contributed by atoms with Crippen molar-refractivity contribution in [2.24, 2.45) is 0 Å². The van der Waals surface area contributed by atoms with E-state index in [0.29, 0.717) is 5.56 Å². The first-order chi connectivity index (χ1) is 12.6. The molecule has 0 unspecified atom stereocenters. The molecule has 0 radical (unpaired) electrons. The maximum Gasteiger partial charge on any atom is 0.418 e. The number of para-hydroxylation sites is 1. The molecular formula is C19H20F3N3O2. The molecule has 0 atom stereocenters. The Morgan fingerprint density at radius 2 is 1.56 bits per heavy atom. The summed E-state index contributed by atoms with van der Waals surface area (Å²) >= 11 is 0. The quantitative estimate of drug-likeness (QED) is 0.865. The van der Waals surface area contributed by atoms with Crippen molar-refractivity contribution in [1.82, 2.24) is 4.90 Å². The van der Waals surface area contributed by atoms with Crippen LogP contribution in [0.3, 0.4) is 0 Å². The second-order valence-electron chi connectivity index (χ2n) is 6.19. The van der Waals surface area contributed by atoms with Gasteiger partial charge >= 0.3 is 6.18 Å². The van der Waals surface area contributed by atoms with Crippen LogP contribution in [0.1, 0.15) is 15.9 Å². The van der Waals surface area contributed by atoms with E-state index < -0.39 is 23.6 Å². The maximum absolute atomic E-state index is 13.0. The normalized spacial score (nSPS) is 11.0. The van der Waals surface area contributed by atoms with Crippen LogP contribution < -0.4 is 10.2 Å². The molecule has 2 aromatic rings. The predicted octanol–water partition coefficient (Wildman–Crippen LogP) is 3.48. The zero-order chi connectivity index (χ0) is 20.2. The van der Waals surface area contributed by atoms with Crippen LogP contribution in [0.15, 0.2) is 48.5 Å². The molecule has 2 rings (SSSR count). The molecule has 2 aromatic carbocycles. The molecule has 0 aliphatic heterocycles. The van der Waals surface area contributed by atoms with Gasteiger partial charge in [0.05, 0.1) is 17.8 Å². The average Bonchev–Trinajstić information content (AvgIpc) is 2.60. The van der Waals surface area contributed by atoms with Crippen LogP contribution in [0.25, 0.3) is 0 Å². The van der Waals surface area contributed by atoms with Crippen molar-refractivity contribution < 1.29 is 22.8 Å². The Morgan fingerprint density at radius 3 is 2.11 bits per heavy atom. The number of amides is 2. The molecule has 0 bridgehead atoms. The van der Waals surface area contributed by atoms with Gasteiger partial charge in [-0.2, -0.15) is 13.2 Å². The molecule has 0 aliphatic rings.